The lowest BCUT2D eigenvalue weighted by Gasteiger charge is -2.27. The maximum atomic E-state index is 4.23. The highest BCUT2D eigenvalue weighted by atomic mass is 28.3. The van der Waals surface area contributed by atoms with Crippen molar-refractivity contribution in [2.24, 2.45) is 0 Å². The summed E-state index contributed by atoms with van der Waals surface area (Å²) in [6.07, 6.45) is 3.94. The molecule has 0 radical (unpaired) electrons. The molecule has 1 aromatic rings. The van der Waals surface area contributed by atoms with Crippen LogP contribution in [0.3, 0.4) is 0 Å². The van der Waals surface area contributed by atoms with Crippen molar-refractivity contribution in [3.05, 3.63) is 24.5 Å². The van der Waals surface area contributed by atoms with Gasteiger partial charge in [-0.1, -0.05) is 45.0 Å². The van der Waals surface area contributed by atoms with Crippen LogP contribution in [-0.2, 0) is 0 Å². The summed E-state index contributed by atoms with van der Waals surface area (Å²) in [4.78, 5) is 4.23. The minimum Gasteiger partial charge on any atom is -0.265 e. The fourth-order valence-electron chi connectivity index (χ4n) is 2.04. The Balaban J connectivity index is 3.01. The summed E-state index contributed by atoms with van der Waals surface area (Å²) < 4.78 is 0. The van der Waals surface area contributed by atoms with E-state index in [-0.39, 0.29) is 0 Å². The standard InChI is InChI=1S/C11H19NSi/c1-4-13(5-2,6-3)11-8-7-9-12-10-11/h7-10H,4-6H2,1-3H3. The van der Waals surface area contributed by atoms with E-state index in [2.05, 4.69) is 44.1 Å². The van der Waals surface area contributed by atoms with Crippen LogP contribution < -0.4 is 5.19 Å². The Morgan fingerprint density at radius 2 is 1.77 bits per heavy atom. The molecule has 1 nitrogen and oxygen atoms in total. The summed E-state index contributed by atoms with van der Waals surface area (Å²) in [5, 5.41) is 1.53. The first kappa shape index (κ1) is 10.4. The second kappa shape index (κ2) is 4.56. The van der Waals surface area contributed by atoms with Gasteiger partial charge < -0.3 is 0 Å². The fraction of sp³-hybridized carbons (Fsp3) is 0.545. The zero-order valence-electron chi connectivity index (χ0n) is 8.88. The third-order valence-electron chi connectivity index (χ3n) is 3.30. The van der Waals surface area contributed by atoms with Crippen molar-refractivity contribution in [3.63, 3.8) is 0 Å². The molecule has 1 aromatic heterocycles. The zero-order chi connectivity index (χ0) is 9.73. The van der Waals surface area contributed by atoms with Crippen molar-refractivity contribution in [1.82, 2.24) is 4.98 Å². The number of pyridine rings is 1. The van der Waals surface area contributed by atoms with Crippen molar-refractivity contribution < 1.29 is 0 Å². The van der Waals surface area contributed by atoms with Gasteiger partial charge in [0.25, 0.3) is 0 Å². The molecule has 0 amide bonds. The van der Waals surface area contributed by atoms with Crippen LogP contribution in [0, 0.1) is 0 Å². The van der Waals surface area contributed by atoms with Crippen molar-refractivity contribution in [2.45, 2.75) is 38.9 Å². The summed E-state index contributed by atoms with van der Waals surface area (Å²) >= 11 is 0. The van der Waals surface area contributed by atoms with E-state index in [1.165, 1.54) is 23.3 Å². The molecule has 0 N–H and O–H groups in total. The summed E-state index contributed by atoms with van der Waals surface area (Å²) in [6.45, 7) is 6.98. The van der Waals surface area contributed by atoms with Crippen LogP contribution in [0.1, 0.15) is 20.8 Å². The molecule has 0 aromatic carbocycles. The van der Waals surface area contributed by atoms with E-state index >= 15 is 0 Å². The lowest BCUT2D eigenvalue weighted by molar-refractivity contribution is 1.19. The predicted octanol–water partition coefficient (Wildman–Crippen LogP) is 2.80. The molecule has 0 aliphatic heterocycles. The molecule has 13 heavy (non-hydrogen) atoms. The monoisotopic (exact) mass is 193 g/mol. The van der Waals surface area contributed by atoms with E-state index in [9.17, 15) is 0 Å². The Hall–Kier alpha value is -0.633. The summed E-state index contributed by atoms with van der Waals surface area (Å²) in [7, 11) is -1.16. The van der Waals surface area contributed by atoms with Crippen LogP contribution in [0.2, 0.25) is 18.1 Å². The second-order valence-electron chi connectivity index (χ2n) is 3.58. The van der Waals surface area contributed by atoms with Gasteiger partial charge >= 0.3 is 0 Å². The molecule has 0 saturated carbocycles. The average Bonchev–Trinajstić information content (AvgIpc) is 2.23. The third kappa shape index (κ3) is 1.99. The first-order valence-corrected chi connectivity index (χ1v) is 7.81. The van der Waals surface area contributed by atoms with Crippen LogP contribution in [0.15, 0.2) is 24.5 Å². The first-order chi connectivity index (χ1) is 6.29. The number of aromatic nitrogens is 1. The molecule has 0 bridgehead atoms. The molecule has 72 valence electrons. The first-order valence-electron chi connectivity index (χ1n) is 5.19. The van der Waals surface area contributed by atoms with Crippen molar-refractivity contribution in [3.8, 4) is 0 Å². The van der Waals surface area contributed by atoms with E-state index in [4.69, 9.17) is 0 Å². The van der Waals surface area contributed by atoms with Crippen LogP contribution in [0.5, 0.6) is 0 Å². The van der Waals surface area contributed by atoms with Gasteiger partial charge in [0.05, 0.1) is 8.07 Å². The average molecular weight is 193 g/mol. The summed E-state index contributed by atoms with van der Waals surface area (Å²) in [6, 6.07) is 8.34. The quantitative estimate of drug-likeness (QED) is 0.670. The molecule has 0 aliphatic carbocycles. The van der Waals surface area contributed by atoms with E-state index in [0.717, 1.165) is 0 Å². The highest BCUT2D eigenvalue weighted by Crippen LogP contribution is 2.19. The molecular weight excluding hydrogens is 174 g/mol. The number of hydrogen-bond acceptors (Lipinski definition) is 1. The Bertz CT molecular complexity index is 233. The molecule has 0 fully saturated rings. The van der Waals surface area contributed by atoms with Gasteiger partial charge in [-0.2, -0.15) is 0 Å². The molecule has 1 rings (SSSR count). The third-order valence-corrected chi connectivity index (χ3v) is 8.89. The predicted molar refractivity (Wildman–Crippen MR) is 61.1 cm³/mol. The van der Waals surface area contributed by atoms with Crippen molar-refractivity contribution in [1.29, 1.82) is 0 Å². The van der Waals surface area contributed by atoms with Gasteiger partial charge in [0.15, 0.2) is 0 Å². The molecule has 0 spiro atoms. The highest BCUT2D eigenvalue weighted by molar-refractivity contribution is 6.91. The topological polar surface area (TPSA) is 12.9 Å². The Labute approximate surface area is 82.2 Å². The van der Waals surface area contributed by atoms with Crippen LogP contribution >= 0.6 is 0 Å². The van der Waals surface area contributed by atoms with Gasteiger partial charge in [-0.25, -0.2) is 0 Å². The van der Waals surface area contributed by atoms with Crippen molar-refractivity contribution in [2.75, 3.05) is 0 Å². The second-order valence-corrected chi connectivity index (χ2v) is 8.84. The van der Waals surface area contributed by atoms with Gasteiger partial charge in [-0.3, -0.25) is 4.98 Å². The Morgan fingerprint density at radius 3 is 2.15 bits per heavy atom. The van der Waals surface area contributed by atoms with E-state index in [1.807, 2.05) is 6.20 Å². The molecule has 0 aliphatic rings. The van der Waals surface area contributed by atoms with Gasteiger partial charge in [0.2, 0.25) is 0 Å². The van der Waals surface area contributed by atoms with Crippen LogP contribution in [-0.4, -0.2) is 13.1 Å². The molecule has 0 atom stereocenters. The lowest BCUT2D eigenvalue weighted by Crippen LogP contribution is -2.45. The lowest BCUT2D eigenvalue weighted by atomic mass is 10.5. The minimum absolute atomic E-state index is 1.16. The highest BCUT2D eigenvalue weighted by Gasteiger charge is 2.28. The van der Waals surface area contributed by atoms with E-state index in [0.29, 0.717) is 0 Å². The van der Waals surface area contributed by atoms with E-state index in [1.54, 1.807) is 0 Å². The van der Waals surface area contributed by atoms with Gasteiger partial charge in [0, 0.05) is 12.4 Å². The number of nitrogens with zero attached hydrogens (tertiary/aromatic N) is 1. The Kier molecular flexibility index (Phi) is 3.67. The fourth-order valence-corrected chi connectivity index (χ4v) is 5.56. The summed E-state index contributed by atoms with van der Waals surface area (Å²) in [5.41, 5.74) is 0. The van der Waals surface area contributed by atoms with Crippen LogP contribution in [0.4, 0.5) is 0 Å². The molecule has 2 heteroatoms. The Morgan fingerprint density at radius 1 is 1.15 bits per heavy atom. The van der Waals surface area contributed by atoms with Gasteiger partial charge in [-0.05, 0) is 11.3 Å². The van der Waals surface area contributed by atoms with Crippen molar-refractivity contribution >= 4 is 13.3 Å². The van der Waals surface area contributed by atoms with Gasteiger partial charge in [-0.15, -0.1) is 0 Å². The summed E-state index contributed by atoms with van der Waals surface area (Å²) in [5.74, 6) is 0. The molecular formula is C11H19NSi. The largest absolute Gasteiger partial charge is 0.265 e. The SMILES string of the molecule is CC[Si](CC)(CC)c1cccnc1. The smallest absolute Gasteiger partial charge is 0.0879 e. The molecule has 1 heterocycles. The molecule has 0 saturated heterocycles. The zero-order valence-corrected chi connectivity index (χ0v) is 9.88. The van der Waals surface area contributed by atoms with Gasteiger partial charge in [0.1, 0.15) is 0 Å². The maximum absolute atomic E-state index is 4.23. The van der Waals surface area contributed by atoms with E-state index < -0.39 is 8.07 Å². The number of hydrogen-bond donors (Lipinski definition) is 0. The normalized spacial score (nSPS) is 11.6. The number of rotatable bonds is 4. The maximum Gasteiger partial charge on any atom is 0.0879 e. The minimum atomic E-state index is -1.16. The van der Waals surface area contributed by atoms with Crippen LogP contribution in [0.25, 0.3) is 0 Å². The molecule has 0 unspecified atom stereocenters.